The lowest BCUT2D eigenvalue weighted by molar-refractivity contribution is 0.238. The molecule has 0 aliphatic heterocycles. The number of benzene rings is 2. The second kappa shape index (κ2) is 10.7. The number of aliphatic hydroxyl groups is 1. The Morgan fingerprint density at radius 3 is 2.52 bits per heavy atom. The van der Waals surface area contributed by atoms with E-state index in [2.05, 4.69) is 5.32 Å². The second-order valence-corrected chi connectivity index (χ2v) is 6.85. The van der Waals surface area contributed by atoms with E-state index in [1.54, 1.807) is 12.1 Å². The van der Waals surface area contributed by atoms with Crippen LogP contribution in [0.1, 0.15) is 31.4 Å². The first kappa shape index (κ1) is 21.8. The lowest BCUT2D eigenvalue weighted by Crippen LogP contribution is -2.31. The van der Waals surface area contributed by atoms with Crippen LogP contribution < -0.4 is 14.8 Å². The van der Waals surface area contributed by atoms with Crippen molar-refractivity contribution in [3.63, 3.8) is 0 Å². The Bertz CT molecular complexity index is 754. The Hall–Kier alpha value is -1.53. The Morgan fingerprint density at radius 1 is 1.11 bits per heavy atom. The van der Waals surface area contributed by atoms with Crippen LogP contribution >= 0.6 is 23.2 Å². The van der Waals surface area contributed by atoms with Gasteiger partial charge in [-0.15, -0.1) is 0 Å². The summed E-state index contributed by atoms with van der Waals surface area (Å²) in [5.74, 6) is 0.538. The SMILES string of the molecule is CCOc1cc(CNC(CC)CO)cc(Cl)c1OCc1ccc(F)cc1Cl. The summed E-state index contributed by atoms with van der Waals surface area (Å²) in [6.07, 6.45) is 0.822. The standard InChI is InChI=1S/C20H24Cl2FNO3/c1-3-16(11-25)24-10-13-7-18(22)20(19(8-13)26-4-2)27-12-14-5-6-15(23)9-17(14)21/h5-9,16,24-25H,3-4,10-12H2,1-2H3. The molecule has 1 atom stereocenters. The van der Waals surface area contributed by atoms with Crippen LogP contribution in [0.5, 0.6) is 11.5 Å². The third-order valence-corrected chi connectivity index (χ3v) is 4.70. The van der Waals surface area contributed by atoms with Crippen LogP contribution in [0, 0.1) is 5.82 Å². The van der Waals surface area contributed by atoms with Gasteiger partial charge < -0.3 is 19.9 Å². The van der Waals surface area contributed by atoms with Crippen LogP contribution in [0.3, 0.4) is 0 Å². The number of ether oxygens (including phenoxy) is 2. The molecule has 0 saturated heterocycles. The molecule has 2 aromatic carbocycles. The summed E-state index contributed by atoms with van der Waals surface area (Å²) in [6, 6.07) is 7.82. The van der Waals surface area contributed by atoms with Crippen molar-refractivity contribution in [3.05, 3.63) is 57.3 Å². The molecule has 0 radical (unpaired) electrons. The molecule has 0 aromatic heterocycles. The van der Waals surface area contributed by atoms with Crippen LogP contribution in [-0.4, -0.2) is 24.4 Å². The van der Waals surface area contributed by atoms with E-state index in [0.29, 0.717) is 40.3 Å². The highest BCUT2D eigenvalue weighted by atomic mass is 35.5. The third-order valence-electron chi connectivity index (χ3n) is 4.06. The molecule has 2 N–H and O–H groups in total. The van der Waals surface area contributed by atoms with Crippen LogP contribution in [0.15, 0.2) is 30.3 Å². The predicted octanol–water partition coefficient (Wildman–Crippen LogP) is 4.97. The van der Waals surface area contributed by atoms with E-state index in [1.165, 1.54) is 12.1 Å². The number of hydrogen-bond donors (Lipinski definition) is 2. The first-order valence-corrected chi connectivity index (χ1v) is 9.60. The van der Waals surface area contributed by atoms with Crippen LogP contribution in [0.4, 0.5) is 4.39 Å². The van der Waals surface area contributed by atoms with Gasteiger partial charge in [0.2, 0.25) is 0 Å². The highest BCUT2D eigenvalue weighted by Crippen LogP contribution is 2.37. The van der Waals surface area contributed by atoms with Gasteiger partial charge in [0.25, 0.3) is 0 Å². The normalized spacial score (nSPS) is 12.1. The molecule has 2 rings (SSSR count). The Balaban J connectivity index is 2.17. The van der Waals surface area contributed by atoms with E-state index in [-0.39, 0.29) is 19.3 Å². The van der Waals surface area contributed by atoms with E-state index in [1.807, 2.05) is 19.9 Å². The topological polar surface area (TPSA) is 50.7 Å². The molecule has 0 bridgehead atoms. The number of nitrogens with one attached hydrogen (secondary N) is 1. The van der Waals surface area contributed by atoms with Crippen molar-refractivity contribution < 1.29 is 19.0 Å². The van der Waals surface area contributed by atoms with Gasteiger partial charge in [-0.1, -0.05) is 36.2 Å². The molecule has 148 valence electrons. The molecule has 2 aromatic rings. The Labute approximate surface area is 169 Å². The highest BCUT2D eigenvalue weighted by molar-refractivity contribution is 6.32. The molecular weight excluding hydrogens is 392 g/mol. The van der Waals surface area contributed by atoms with Gasteiger partial charge in [-0.05, 0) is 43.2 Å². The largest absolute Gasteiger partial charge is 0.490 e. The molecule has 27 heavy (non-hydrogen) atoms. The van der Waals surface area contributed by atoms with Crippen molar-refractivity contribution in [1.82, 2.24) is 5.32 Å². The quantitative estimate of drug-likeness (QED) is 0.574. The maximum absolute atomic E-state index is 13.2. The van der Waals surface area contributed by atoms with Gasteiger partial charge in [-0.3, -0.25) is 0 Å². The monoisotopic (exact) mass is 415 g/mol. The van der Waals surface area contributed by atoms with E-state index >= 15 is 0 Å². The molecule has 0 fully saturated rings. The van der Waals surface area contributed by atoms with Gasteiger partial charge in [0, 0.05) is 18.2 Å². The zero-order chi connectivity index (χ0) is 19.8. The fourth-order valence-corrected chi connectivity index (χ4v) is 3.02. The molecular formula is C20H24Cl2FNO3. The summed E-state index contributed by atoms with van der Waals surface area (Å²) in [4.78, 5) is 0. The fourth-order valence-electron chi connectivity index (χ4n) is 2.52. The van der Waals surface area contributed by atoms with Crippen molar-refractivity contribution in [2.45, 2.75) is 39.5 Å². The molecule has 0 spiro atoms. The molecule has 0 heterocycles. The third kappa shape index (κ3) is 6.25. The van der Waals surface area contributed by atoms with E-state index in [9.17, 15) is 9.50 Å². The molecule has 7 heteroatoms. The summed E-state index contributed by atoms with van der Waals surface area (Å²) in [6.45, 7) is 5.08. The van der Waals surface area contributed by atoms with E-state index in [4.69, 9.17) is 32.7 Å². The van der Waals surface area contributed by atoms with Crippen molar-refractivity contribution >= 4 is 23.2 Å². The van der Waals surface area contributed by atoms with Crippen LogP contribution in [-0.2, 0) is 13.2 Å². The van der Waals surface area contributed by atoms with Crippen molar-refractivity contribution in [2.24, 2.45) is 0 Å². The lowest BCUT2D eigenvalue weighted by Gasteiger charge is -2.18. The number of aliphatic hydroxyl groups excluding tert-OH is 1. The summed E-state index contributed by atoms with van der Waals surface area (Å²) < 4.78 is 24.7. The smallest absolute Gasteiger partial charge is 0.180 e. The maximum atomic E-state index is 13.2. The first-order chi connectivity index (χ1) is 13.0. The molecule has 0 saturated carbocycles. The minimum absolute atomic E-state index is 0.0239. The van der Waals surface area contributed by atoms with Crippen LogP contribution in [0.25, 0.3) is 0 Å². The lowest BCUT2D eigenvalue weighted by atomic mass is 10.1. The molecule has 0 aliphatic carbocycles. The van der Waals surface area contributed by atoms with E-state index in [0.717, 1.165) is 12.0 Å². The average molecular weight is 416 g/mol. The molecule has 0 aliphatic rings. The van der Waals surface area contributed by atoms with Gasteiger partial charge in [0.15, 0.2) is 11.5 Å². The minimum atomic E-state index is -0.401. The summed E-state index contributed by atoms with van der Waals surface area (Å²) in [5.41, 5.74) is 1.57. The van der Waals surface area contributed by atoms with Crippen molar-refractivity contribution in [1.29, 1.82) is 0 Å². The highest BCUT2D eigenvalue weighted by Gasteiger charge is 2.15. The van der Waals surface area contributed by atoms with E-state index < -0.39 is 5.82 Å². The molecule has 0 amide bonds. The van der Waals surface area contributed by atoms with Gasteiger partial charge >= 0.3 is 0 Å². The van der Waals surface area contributed by atoms with Gasteiger partial charge in [0.05, 0.1) is 23.3 Å². The zero-order valence-electron chi connectivity index (χ0n) is 15.4. The minimum Gasteiger partial charge on any atom is -0.490 e. The molecule has 1 unspecified atom stereocenters. The maximum Gasteiger partial charge on any atom is 0.180 e. The Kier molecular flexibility index (Phi) is 8.64. The predicted molar refractivity (Wildman–Crippen MR) is 106 cm³/mol. The summed E-state index contributed by atoms with van der Waals surface area (Å²) in [7, 11) is 0. The number of rotatable bonds is 10. The van der Waals surface area contributed by atoms with Crippen molar-refractivity contribution in [3.8, 4) is 11.5 Å². The molecule has 4 nitrogen and oxygen atoms in total. The number of halogens is 3. The van der Waals surface area contributed by atoms with Crippen molar-refractivity contribution in [2.75, 3.05) is 13.2 Å². The van der Waals surface area contributed by atoms with Gasteiger partial charge in [-0.2, -0.15) is 0 Å². The first-order valence-electron chi connectivity index (χ1n) is 8.84. The second-order valence-electron chi connectivity index (χ2n) is 6.03. The average Bonchev–Trinajstić information content (AvgIpc) is 2.63. The summed E-state index contributed by atoms with van der Waals surface area (Å²) >= 11 is 12.5. The Morgan fingerprint density at radius 2 is 1.89 bits per heavy atom. The van der Waals surface area contributed by atoms with Crippen LogP contribution in [0.2, 0.25) is 10.0 Å². The number of hydrogen-bond acceptors (Lipinski definition) is 4. The van der Waals surface area contributed by atoms with Gasteiger partial charge in [-0.25, -0.2) is 4.39 Å². The summed E-state index contributed by atoms with van der Waals surface area (Å²) in [5, 5.41) is 13.3. The fraction of sp³-hybridized carbons (Fsp3) is 0.400. The van der Waals surface area contributed by atoms with Gasteiger partial charge in [0.1, 0.15) is 12.4 Å². The zero-order valence-corrected chi connectivity index (χ0v) is 16.9.